The fourth-order valence-electron chi connectivity index (χ4n) is 0.991. The summed E-state index contributed by atoms with van der Waals surface area (Å²) < 4.78 is 0. The van der Waals surface area contributed by atoms with Crippen molar-refractivity contribution in [1.82, 2.24) is 0 Å². The van der Waals surface area contributed by atoms with Gasteiger partial charge in [0.25, 0.3) is 0 Å². The number of phenols is 2. The summed E-state index contributed by atoms with van der Waals surface area (Å²) in [4.78, 5) is 11.1. The maximum Gasteiger partial charge on any atom is 0.170 e. The van der Waals surface area contributed by atoms with Crippen LogP contribution in [0.25, 0.3) is 0 Å². The van der Waals surface area contributed by atoms with Gasteiger partial charge in [-0.2, -0.15) is 0 Å². The lowest BCUT2D eigenvalue weighted by atomic mass is 10.1. The second-order valence-electron chi connectivity index (χ2n) is 2.45. The van der Waals surface area contributed by atoms with Crippen LogP contribution in [-0.2, 0) is 0 Å². The summed E-state index contributed by atoms with van der Waals surface area (Å²) in [6.45, 7) is 1.67. The average Bonchev–Trinajstić information content (AvgIpc) is 2.03. The van der Waals surface area contributed by atoms with Crippen LogP contribution < -0.4 is 0 Å². The Morgan fingerprint density at radius 3 is 2.25 bits per heavy atom. The van der Waals surface area contributed by atoms with Gasteiger partial charge in [-0.1, -0.05) is 13.0 Å². The normalized spacial score (nSPS) is 9.75. The zero-order chi connectivity index (χ0) is 9.14. The second kappa shape index (κ2) is 3.26. The quantitative estimate of drug-likeness (QED) is 0.657. The fourth-order valence-corrected chi connectivity index (χ4v) is 0.991. The van der Waals surface area contributed by atoms with Crippen molar-refractivity contribution in [2.45, 2.75) is 13.3 Å². The number of aromatic hydroxyl groups is 2. The van der Waals surface area contributed by atoms with E-state index in [2.05, 4.69) is 0 Å². The van der Waals surface area contributed by atoms with Crippen molar-refractivity contribution in [3.05, 3.63) is 23.8 Å². The molecule has 3 nitrogen and oxygen atoms in total. The topological polar surface area (TPSA) is 57.5 Å². The molecule has 0 aromatic heterocycles. The Balaban J connectivity index is 3.21. The van der Waals surface area contributed by atoms with Crippen LogP contribution in [0.15, 0.2) is 18.2 Å². The largest absolute Gasteiger partial charge is 0.507 e. The molecular weight excluding hydrogens is 156 g/mol. The molecule has 0 bridgehead atoms. The van der Waals surface area contributed by atoms with Crippen LogP contribution in [0.3, 0.4) is 0 Å². The van der Waals surface area contributed by atoms with Crippen molar-refractivity contribution in [2.75, 3.05) is 0 Å². The first-order chi connectivity index (χ1) is 5.66. The molecule has 1 rings (SSSR count). The molecule has 1 aromatic carbocycles. The molecule has 0 aliphatic heterocycles. The smallest absolute Gasteiger partial charge is 0.170 e. The molecule has 0 atom stereocenters. The molecule has 0 radical (unpaired) electrons. The Morgan fingerprint density at radius 2 is 1.83 bits per heavy atom. The molecule has 0 fully saturated rings. The molecule has 0 unspecified atom stereocenters. The number of carbonyl (C=O) groups excluding carboxylic acids is 1. The Bertz CT molecular complexity index is 284. The first-order valence-electron chi connectivity index (χ1n) is 3.71. The highest BCUT2D eigenvalue weighted by Crippen LogP contribution is 2.27. The first kappa shape index (κ1) is 8.59. The van der Waals surface area contributed by atoms with E-state index in [9.17, 15) is 15.0 Å². The van der Waals surface area contributed by atoms with Crippen LogP contribution in [-0.4, -0.2) is 16.0 Å². The van der Waals surface area contributed by atoms with Crippen LogP contribution in [0, 0.1) is 0 Å². The van der Waals surface area contributed by atoms with Crippen molar-refractivity contribution in [3.8, 4) is 11.5 Å². The second-order valence-corrected chi connectivity index (χ2v) is 2.45. The van der Waals surface area contributed by atoms with Crippen LogP contribution in [0.5, 0.6) is 11.5 Å². The minimum atomic E-state index is -0.259. The van der Waals surface area contributed by atoms with E-state index in [0.29, 0.717) is 0 Å². The summed E-state index contributed by atoms with van der Waals surface area (Å²) in [5.41, 5.74) is 0.0139. The van der Waals surface area contributed by atoms with Gasteiger partial charge in [0.1, 0.15) is 17.1 Å². The van der Waals surface area contributed by atoms with Crippen molar-refractivity contribution in [2.24, 2.45) is 0 Å². The number of ketones is 1. The monoisotopic (exact) mass is 166 g/mol. The van der Waals surface area contributed by atoms with Gasteiger partial charge in [0.2, 0.25) is 0 Å². The Morgan fingerprint density at radius 1 is 1.33 bits per heavy atom. The van der Waals surface area contributed by atoms with E-state index in [1.165, 1.54) is 18.2 Å². The summed E-state index contributed by atoms with van der Waals surface area (Å²) in [5.74, 6) is -0.589. The Hall–Kier alpha value is -1.51. The van der Waals surface area contributed by atoms with E-state index >= 15 is 0 Å². The van der Waals surface area contributed by atoms with E-state index in [1.807, 2.05) is 0 Å². The first-order valence-corrected chi connectivity index (χ1v) is 3.71. The fraction of sp³-hybridized carbons (Fsp3) is 0.222. The number of rotatable bonds is 2. The molecular formula is C9H10O3. The third-order valence-corrected chi connectivity index (χ3v) is 1.62. The molecule has 2 N–H and O–H groups in total. The molecule has 0 heterocycles. The van der Waals surface area contributed by atoms with Gasteiger partial charge in [0, 0.05) is 6.42 Å². The Labute approximate surface area is 70.3 Å². The number of hydrogen-bond donors (Lipinski definition) is 2. The lowest BCUT2D eigenvalue weighted by molar-refractivity contribution is 0.0983. The summed E-state index contributed by atoms with van der Waals surface area (Å²) in [6.07, 6.45) is 0.269. The van der Waals surface area contributed by atoms with Gasteiger partial charge in [-0.05, 0) is 12.1 Å². The molecule has 0 saturated heterocycles. The minimum Gasteiger partial charge on any atom is -0.507 e. The maximum atomic E-state index is 11.1. The molecule has 0 saturated carbocycles. The van der Waals surface area contributed by atoms with E-state index < -0.39 is 0 Å². The van der Waals surface area contributed by atoms with Gasteiger partial charge >= 0.3 is 0 Å². The SMILES string of the molecule is CCC(=O)c1c(O)cccc1O. The standard InChI is InChI=1S/C9H10O3/c1-2-6(10)9-7(11)4-3-5-8(9)12/h3-5,11-12H,2H2,1H3. The molecule has 0 aliphatic rings. The molecule has 0 amide bonds. The zero-order valence-corrected chi connectivity index (χ0v) is 6.74. The Kier molecular flexibility index (Phi) is 2.33. The minimum absolute atomic E-state index is 0.0139. The molecule has 3 heteroatoms. The summed E-state index contributed by atoms with van der Waals surface area (Å²) in [6, 6.07) is 4.24. The van der Waals surface area contributed by atoms with E-state index in [1.54, 1.807) is 6.92 Å². The number of carbonyl (C=O) groups is 1. The van der Waals surface area contributed by atoms with Gasteiger partial charge < -0.3 is 10.2 Å². The highest BCUT2D eigenvalue weighted by atomic mass is 16.3. The van der Waals surface area contributed by atoms with Crippen molar-refractivity contribution < 1.29 is 15.0 Å². The summed E-state index contributed by atoms with van der Waals surface area (Å²) in [7, 11) is 0. The van der Waals surface area contributed by atoms with Gasteiger partial charge in [0.05, 0.1) is 0 Å². The average molecular weight is 166 g/mol. The number of benzene rings is 1. The van der Waals surface area contributed by atoms with Gasteiger partial charge in [0.15, 0.2) is 5.78 Å². The van der Waals surface area contributed by atoms with E-state index in [0.717, 1.165) is 0 Å². The molecule has 1 aromatic rings. The van der Waals surface area contributed by atoms with Crippen LogP contribution in [0.4, 0.5) is 0 Å². The summed E-state index contributed by atoms with van der Waals surface area (Å²) in [5, 5.41) is 18.4. The summed E-state index contributed by atoms with van der Waals surface area (Å²) >= 11 is 0. The molecule has 12 heavy (non-hydrogen) atoms. The predicted molar refractivity (Wildman–Crippen MR) is 44.4 cm³/mol. The third-order valence-electron chi connectivity index (χ3n) is 1.62. The number of hydrogen-bond acceptors (Lipinski definition) is 3. The lowest BCUT2D eigenvalue weighted by Crippen LogP contribution is -1.97. The third kappa shape index (κ3) is 1.39. The van der Waals surface area contributed by atoms with Crippen molar-refractivity contribution in [1.29, 1.82) is 0 Å². The highest BCUT2D eigenvalue weighted by molar-refractivity contribution is 6.00. The maximum absolute atomic E-state index is 11.1. The lowest BCUT2D eigenvalue weighted by Gasteiger charge is -2.03. The zero-order valence-electron chi connectivity index (χ0n) is 6.74. The van der Waals surface area contributed by atoms with Crippen molar-refractivity contribution in [3.63, 3.8) is 0 Å². The number of Topliss-reactive ketones (excluding diaryl/α,β-unsaturated/α-hetero) is 1. The van der Waals surface area contributed by atoms with E-state index in [-0.39, 0.29) is 29.3 Å². The van der Waals surface area contributed by atoms with Gasteiger partial charge in [-0.25, -0.2) is 0 Å². The molecule has 64 valence electrons. The van der Waals surface area contributed by atoms with Crippen LogP contribution in [0.1, 0.15) is 23.7 Å². The number of phenolic OH excluding ortho intramolecular Hbond substituents is 2. The predicted octanol–water partition coefficient (Wildman–Crippen LogP) is 1.69. The highest BCUT2D eigenvalue weighted by Gasteiger charge is 2.13. The van der Waals surface area contributed by atoms with Gasteiger partial charge in [-0.3, -0.25) is 4.79 Å². The van der Waals surface area contributed by atoms with Gasteiger partial charge in [-0.15, -0.1) is 0 Å². The van der Waals surface area contributed by atoms with Crippen LogP contribution in [0.2, 0.25) is 0 Å². The van der Waals surface area contributed by atoms with Crippen LogP contribution >= 0.6 is 0 Å². The molecule has 0 spiro atoms. The molecule has 0 aliphatic carbocycles. The van der Waals surface area contributed by atoms with E-state index in [4.69, 9.17) is 0 Å². The van der Waals surface area contributed by atoms with Crippen molar-refractivity contribution >= 4 is 5.78 Å².